The second-order valence-corrected chi connectivity index (χ2v) is 3.40. The van der Waals surface area contributed by atoms with Gasteiger partial charge in [0, 0.05) is 19.7 Å². The summed E-state index contributed by atoms with van der Waals surface area (Å²) in [4.78, 5) is 8.90. The fourth-order valence-electron chi connectivity index (χ4n) is 0.500. The summed E-state index contributed by atoms with van der Waals surface area (Å²) in [5, 5.41) is 14.7. The molecule has 20 heavy (non-hydrogen) atoms. The zero-order valence-corrected chi connectivity index (χ0v) is 12.5. The Morgan fingerprint density at radius 3 is 1.25 bits per heavy atom. The lowest BCUT2D eigenvalue weighted by Crippen LogP contribution is -2.21. The molecule has 8 heteroatoms. The smallest absolute Gasteiger partial charge is 0.475 e. The van der Waals surface area contributed by atoms with Crippen molar-refractivity contribution in [3.05, 3.63) is 0 Å². The number of carboxylic acids is 1. The van der Waals surface area contributed by atoms with Crippen LogP contribution in [-0.2, 0) is 4.79 Å². The van der Waals surface area contributed by atoms with Gasteiger partial charge >= 0.3 is 12.1 Å². The van der Waals surface area contributed by atoms with Crippen molar-refractivity contribution in [3.63, 3.8) is 0 Å². The van der Waals surface area contributed by atoms with Crippen molar-refractivity contribution in [1.29, 1.82) is 0 Å². The molecule has 0 radical (unpaired) electrons. The summed E-state index contributed by atoms with van der Waals surface area (Å²) in [6.07, 6.45) is 0.453. The highest BCUT2D eigenvalue weighted by Crippen LogP contribution is 2.13. The minimum absolute atomic E-state index is 0.250. The lowest BCUT2D eigenvalue weighted by Gasteiger charge is -1.93. The Morgan fingerprint density at radius 1 is 1.00 bits per heavy atom. The van der Waals surface area contributed by atoms with E-state index in [4.69, 9.17) is 26.5 Å². The van der Waals surface area contributed by atoms with Gasteiger partial charge in [0.15, 0.2) is 0 Å². The molecule has 0 fully saturated rings. The SMILES string of the molecule is CCCCCC.CCO.NCCN.O=C(O)C(F)(F)F. The monoisotopic (exact) mass is 306 g/mol. The van der Waals surface area contributed by atoms with Crippen LogP contribution in [0.4, 0.5) is 13.2 Å². The Hall–Kier alpha value is -0.860. The van der Waals surface area contributed by atoms with Crippen LogP contribution in [0.5, 0.6) is 0 Å². The second-order valence-electron chi connectivity index (χ2n) is 3.40. The number of carboxylic acid groups (broad SMARTS) is 1. The number of aliphatic carboxylic acids is 1. The molecular formula is C12H29F3N2O3. The van der Waals surface area contributed by atoms with Crippen LogP contribution in [0.2, 0.25) is 0 Å². The minimum atomic E-state index is -5.08. The van der Waals surface area contributed by atoms with E-state index in [2.05, 4.69) is 13.8 Å². The van der Waals surface area contributed by atoms with E-state index in [1.165, 1.54) is 25.7 Å². The zero-order chi connectivity index (χ0) is 17.0. The molecule has 0 heterocycles. The highest BCUT2D eigenvalue weighted by Gasteiger charge is 2.38. The molecule has 0 bridgehead atoms. The van der Waals surface area contributed by atoms with Crippen LogP contribution in [0.15, 0.2) is 0 Å². The molecule has 0 aromatic carbocycles. The first-order valence-corrected chi connectivity index (χ1v) is 6.50. The number of unbranched alkanes of at least 4 members (excludes halogenated alkanes) is 3. The molecule has 0 atom stereocenters. The van der Waals surface area contributed by atoms with Crippen molar-refractivity contribution in [2.24, 2.45) is 11.5 Å². The van der Waals surface area contributed by atoms with Gasteiger partial charge in [0.2, 0.25) is 0 Å². The number of hydrogen-bond donors (Lipinski definition) is 4. The highest BCUT2D eigenvalue weighted by molar-refractivity contribution is 5.73. The quantitative estimate of drug-likeness (QED) is 0.595. The van der Waals surface area contributed by atoms with Gasteiger partial charge in [-0.15, -0.1) is 0 Å². The Balaban J connectivity index is -0.0000000899. The summed E-state index contributed by atoms with van der Waals surface area (Å²) in [7, 11) is 0. The normalized spacial score (nSPS) is 9.05. The molecule has 0 unspecified atom stereocenters. The van der Waals surface area contributed by atoms with Gasteiger partial charge in [-0.25, -0.2) is 4.79 Å². The maximum Gasteiger partial charge on any atom is 0.490 e. The van der Waals surface area contributed by atoms with Crippen molar-refractivity contribution in [2.45, 2.75) is 52.6 Å². The molecule has 126 valence electrons. The standard InChI is InChI=1S/C6H14.C2HF3O2.C2H8N2.C2H6O/c1-3-5-6-4-2;3-2(4,5)1(6)7;3-1-2-4;1-2-3/h3-6H2,1-2H3;(H,6,7);1-4H2;3H,2H2,1H3. The Kier molecular flexibility index (Phi) is 31.9. The van der Waals surface area contributed by atoms with Crippen molar-refractivity contribution >= 4 is 5.97 Å². The second kappa shape index (κ2) is 23.2. The van der Waals surface area contributed by atoms with Gasteiger partial charge in [-0.05, 0) is 6.92 Å². The summed E-state index contributed by atoms with van der Waals surface area (Å²) in [6, 6.07) is 0. The molecular weight excluding hydrogens is 277 g/mol. The van der Waals surface area contributed by atoms with Crippen LogP contribution >= 0.6 is 0 Å². The molecule has 0 aliphatic heterocycles. The lowest BCUT2D eigenvalue weighted by molar-refractivity contribution is -0.192. The molecule has 0 amide bonds. The van der Waals surface area contributed by atoms with Crippen LogP contribution in [0.25, 0.3) is 0 Å². The fourth-order valence-corrected chi connectivity index (χ4v) is 0.500. The topological polar surface area (TPSA) is 110 Å². The predicted molar refractivity (Wildman–Crippen MR) is 74.4 cm³/mol. The van der Waals surface area contributed by atoms with E-state index >= 15 is 0 Å². The number of aliphatic hydroxyl groups is 1. The predicted octanol–water partition coefficient (Wildman–Crippen LogP) is 2.12. The molecule has 0 saturated carbocycles. The summed E-state index contributed by atoms with van der Waals surface area (Å²) in [5.74, 6) is -2.76. The molecule has 0 spiro atoms. The molecule has 5 nitrogen and oxygen atoms in total. The van der Waals surface area contributed by atoms with Gasteiger partial charge < -0.3 is 21.7 Å². The van der Waals surface area contributed by atoms with Crippen LogP contribution in [0, 0.1) is 0 Å². The van der Waals surface area contributed by atoms with Gasteiger partial charge in [0.1, 0.15) is 0 Å². The van der Waals surface area contributed by atoms with Crippen molar-refractivity contribution < 1.29 is 28.2 Å². The molecule has 0 aromatic rings. The summed E-state index contributed by atoms with van der Waals surface area (Å²) in [6.45, 7) is 7.59. The number of rotatable bonds is 4. The van der Waals surface area contributed by atoms with Gasteiger partial charge in [-0.3, -0.25) is 0 Å². The number of aliphatic hydroxyl groups excluding tert-OH is 1. The van der Waals surface area contributed by atoms with Crippen LogP contribution < -0.4 is 11.5 Å². The van der Waals surface area contributed by atoms with Crippen molar-refractivity contribution in [1.82, 2.24) is 0 Å². The van der Waals surface area contributed by atoms with Crippen molar-refractivity contribution in [2.75, 3.05) is 19.7 Å². The Morgan fingerprint density at radius 2 is 1.20 bits per heavy atom. The van der Waals surface area contributed by atoms with E-state index in [1.54, 1.807) is 6.92 Å². The van der Waals surface area contributed by atoms with E-state index in [0.717, 1.165) is 0 Å². The Bertz CT molecular complexity index is 174. The maximum absolute atomic E-state index is 10.6. The third kappa shape index (κ3) is 53.4. The largest absolute Gasteiger partial charge is 0.490 e. The number of carbonyl (C=O) groups is 1. The maximum atomic E-state index is 10.6. The van der Waals surface area contributed by atoms with Crippen molar-refractivity contribution in [3.8, 4) is 0 Å². The zero-order valence-electron chi connectivity index (χ0n) is 12.5. The average molecular weight is 306 g/mol. The third-order valence-electron chi connectivity index (χ3n) is 1.37. The molecule has 0 aromatic heterocycles. The molecule has 0 aliphatic rings. The number of hydrogen-bond acceptors (Lipinski definition) is 4. The van der Waals surface area contributed by atoms with E-state index in [0.29, 0.717) is 13.1 Å². The molecule has 0 aliphatic carbocycles. The highest BCUT2D eigenvalue weighted by atomic mass is 19.4. The van der Waals surface area contributed by atoms with Gasteiger partial charge in [-0.2, -0.15) is 13.2 Å². The molecule has 0 rings (SSSR count). The van der Waals surface area contributed by atoms with E-state index in [-0.39, 0.29) is 6.61 Å². The van der Waals surface area contributed by atoms with Crippen LogP contribution in [-0.4, -0.2) is 42.1 Å². The number of halogens is 3. The number of alkyl halides is 3. The van der Waals surface area contributed by atoms with Gasteiger partial charge in [0.05, 0.1) is 0 Å². The average Bonchev–Trinajstić information content (AvgIpc) is 2.37. The third-order valence-corrected chi connectivity index (χ3v) is 1.37. The number of nitrogens with two attached hydrogens (primary N) is 2. The summed E-state index contributed by atoms with van der Waals surface area (Å²) < 4.78 is 31.7. The molecule has 0 saturated heterocycles. The van der Waals surface area contributed by atoms with E-state index < -0.39 is 12.1 Å². The summed E-state index contributed by atoms with van der Waals surface area (Å²) >= 11 is 0. The first kappa shape index (κ1) is 27.5. The van der Waals surface area contributed by atoms with Gasteiger partial charge in [-0.1, -0.05) is 39.5 Å². The van der Waals surface area contributed by atoms with Crippen LogP contribution in [0.3, 0.4) is 0 Å². The van der Waals surface area contributed by atoms with Gasteiger partial charge in [0.25, 0.3) is 0 Å². The molecule has 6 N–H and O–H groups in total. The first-order valence-electron chi connectivity index (χ1n) is 6.50. The lowest BCUT2D eigenvalue weighted by atomic mass is 10.2. The summed E-state index contributed by atoms with van der Waals surface area (Å²) in [5.41, 5.74) is 9.81. The first-order chi connectivity index (χ1) is 9.19. The van der Waals surface area contributed by atoms with E-state index in [9.17, 15) is 13.2 Å². The Labute approximate surface area is 119 Å². The minimum Gasteiger partial charge on any atom is -0.475 e. The van der Waals surface area contributed by atoms with Crippen LogP contribution in [0.1, 0.15) is 46.5 Å². The van der Waals surface area contributed by atoms with E-state index in [1.807, 2.05) is 0 Å². The fraction of sp³-hybridized carbons (Fsp3) is 0.917.